The van der Waals surface area contributed by atoms with Gasteiger partial charge in [-0.05, 0) is 11.5 Å². The van der Waals surface area contributed by atoms with E-state index in [2.05, 4.69) is 41.5 Å². The molecule has 1 aromatic carbocycles. The third kappa shape index (κ3) is 5.52. The van der Waals surface area contributed by atoms with Crippen LogP contribution < -0.4 is 5.32 Å². The molecule has 0 aliphatic rings. The van der Waals surface area contributed by atoms with Crippen molar-refractivity contribution in [3.05, 3.63) is 48.3 Å². The average Bonchev–Trinajstić information content (AvgIpc) is 3.00. The summed E-state index contributed by atoms with van der Waals surface area (Å²) >= 11 is 1.63. The van der Waals surface area contributed by atoms with Crippen LogP contribution in [0.2, 0.25) is 0 Å². The second-order valence-electron chi connectivity index (χ2n) is 5.48. The summed E-state index contributed by atoms with van der Waals surface area (Å²) in [5.74, 6) is 1.70. The topological polar surface area (TPSA) is 59.8 Å². The van der Waals surface area contributed by atoms with E-state index in [0.717, 1.165) is 5.75 Å². The number of hydrogen-bond acceptors (Lipinski definition) is 4. The number of nitrogens with zero attached hydrogens (tertiary/aromatic N) is 3. The number of benzene rings is 1. The molecule has 6 heteroatoms. The van der Waals surface area contributed by atoms with Crippen LogP contribution in [-0.4, -0.2) is 32.7 Å². The number of amides is 1. The molecular formula is C16H22N4OS. The second kappa shape index (κ2) is 8.58. The first kappa shape index (κ1) is 16.5. The summed E-state index contributed by atoms with van der Waals surface area (Å²) in [6.07, 6.45) is 3.30. The van der Waals surface area contributed by atoms with Gasteiger partial charge in [0.2, 0.25) is 5.91 Å². The normalized spacial score (nSPS) is 12.3. The zero-order chi connectivity index (χ0) is 15.8. The molecule has 2 aromatic rings. The predicted octanol–water partition coefficient (Wildman–Crippen LogP) is 2.35. The number of hydrogen-bond donors (Lipinski definition) is 1. The molecule has 0 radical (unpaired) electrons. The number of carbonyl (C=O) groups excluding carboxylic acids is 1. The van der Waals surface area contributed by atoms with Crippen molar-refractivity contribution in [1.29, 1.82) is 0 Å². The van der Waals surface area contributed by atoms with Crippen molar-refractivity contribution in [3.8, 4) is 0 Å². The minimum Gasteiger partial charge on any atom is -0.350 e. The largest absolute Gasteiger partial charge is 0.350 e. The number of rotatable bonds is 8. The summed E-state index contributed by atoms with van der Waals surface area (Å²) in [6.45, 7) is 4.77. The third-order valence-electron chi connectivity index (χ3n) is 3.32. The highest BCUT2D eigenvalue weighted by molar-refractivity contribution is 7.99. The second-order valence-corrected chi connectivity index (χ2v) is 6.47. The van der Waals surface area contributed by atoms with Gasteiger partial charge in [-0.1, -0.05) is 44.2 Å². The maximum absolute atomic E-state index is 12.1. The Balaban J connectivity index is 1.76. The molecule has 1 N–H and O–H groups in total. The van der Waals surface area contributed by atoms with Crippen LogP contribution in [0.1, 0.15) is 19.4 Å². The van der Waals surface area contributed by atoms with Gasteiger partial charge in [-0.3, -0.25) is 4.79 Å². The van der Waals surface area contributed by atoms with Crippen LogP contribution in [0.25, 0.3) is 0 Å². The first-order chi connectivity index (χ1) is 10.6. The Labute approximate surface area is 135 Å². The Bertz CT molecular complexity index is 557. The Kier molecular flexibility index (Phi) is 6.45. The standard InChI is InChI=1S/C16H22N4OS/c1-13(2)15(10-20-17-8-9-18-20)19-16(21)12-22-11-14-6-4-3-5-7-14/h3-9,13,15H,10-12H2,1-2H3,(H,19,21)/t15-/m1/s1. The van der Waals surface area contributed by atoms with Crippen LogP contribution in [0.3, 0.4) is 0 Å². The summed E-state index contributed by atoms with van der Waals surface area (Å²) in [7, 11) is 0. The number of aromatic nitrogens is 3. The van der Waals surface area contributed by atoms with Gasteiger partial charge in [0.25, 0.3) is 0 Å². The minimum absolute atomic E-state index is 0.0391. The lowest BCUT2D eigenvalue weighted by Gasteiger charge is -2.21. The quantitative estimate of drug-likeness (QED) is 0.811. The van der Waals surface area contributed by atoms with Gasteiger partial charge < -0.3 is 5.32 Å². The molecule has 0 aliphatic heterocycles. The highest BCUT2D eigenvalue weighted by atomic mass is 32.2. The molecule has 1 aromatic heterocycles. The van der Waals surface area contributed by atoms with Crippen LogP contribution >= 0.6 is 11.8 Å². The van der Waals surface area contributed by atoms with E-state index in [4.69, 9.17) is 0 Å². The lowest BCUT2D eigenvalue weighted by atomic mass is 10.0. The Morgan fingerprint density at radius 2 is 1.91 bits per heavy atom. The predicted molar refractivity (Wildman–Crippen MR) is 89.4 cm³/mol. The van der Waals surface area contributed by atoms with Crippen molar-refractivity contribution in [3.63, 3.8) is 0 Å². The summed E-state index contributed by atoms with van der Waals surface area (Å²) in [5, 5.41) is 11.3. The number of thioether (sulfide) groups is 1. The van der Waals surface area contributed by atoms with Gasteiger partial charge in [-0.25, -0.2) is 0 Å². The first-order valence-corrected chi connectivity index (χ1v) is 8.55. The summed E-state index contributed by atoms with van der Waals surface area (Å²) in [5.41, 5.74) is 1.24. The third-order valence-corrected chi connectivity index (χ3v) is 4.33. The Morgan fingerprint density at radius 3 is 2.55 bits per heavy atom. The van der Waals surface area contributed by atoms with E-state index in [1.807, 2.05) is 18.2 Å². The lowest BCUT2D eigenvalue weighted by molar-refractivity contribution is -0.119. The molecule has 2 rings (SSSR count). The fourth-order valence-electron chi connectivity index (χ4n) is 2.02. The summed E-state index contributed by atoms with van der Waals surface area (Å²) < 4.78 is 0. The molecule has 1 atom stereocenters. The lowest BCUT2D eigenvalue weighted by Crippen LogP contribution is -2.42. The molecule has 1 heterocycles. The first-order valence-electron chi connectivity index (χ1n) is 7.40. The van der Waals surface area contributed by atoms with Crippen molar-refractivity contribution >= 4 is 17.7 Å². The van der Waals surface area contributed by atoms with Crippen LogP contribution in [-0.2, 0) is 17.1 Å². The van der Waals surface area contributed by atoms with Crippen LogP contribution in [0.4, 0.5) is 0 Å². The van der Waals surface area contributed by atoms with E-state index >= 15 is 0 Å². The molecule has 0 unspecified atom stereocenters. The van der Waals surface area contributed by atoms with Crippen molar-refractivity contribution in [2.24, 2.45) is 5.92 Å². The van der Waals surface area contributed by atoms with Crippen molar-refractivity contribution in [2.75, 3.05) is 5.75 Å². The zero-order valence-electron chi connectivity index (χ0n) is 13.0. The smallest absolute Gasteiger partial charge is 0.230 e. The van der Waals surface area contributed by atoms with Gasteiger partial charge >= 0.3 is 0 Å². The molecule has 0 saturated heterocycles. The van der Waals surface area contributed by atoms with E-state index in [-0.39, 0.29) is 11.9 Å². The monoisotopic (exact) mass is 318 g/mol. The van der Waals surface area contributed by atoms with E-state index < -0.39 is 0 Å². The van der Waals surface area contributed by atoms with Crippen molar-refractivity contribution in [2.45, 2.75) is 32.2 Å². The molecule has 0 saturated carbocycles. The van der Waals surface area contributed by atoms with Crippen LogP contribution in [0, 0.1) is 5.92 Å². The molecule has 0 spiro atoms. The number of nitrogens with one attached hydrogen (secondary N) is 1. The maximum atomic E-state index is 12.1. The van der Waals surface area contributed by atoms with Gasteiger partial charge in [0, 0.05) is 5.75 Å². The average molecular weight is 318 g/mol. The van der Waals surface area contributed by atoms with Gasteiger partial charge in [-0.15, -0.1) is 11.8 Å². The molecule has 118 valence electrons. The van der Waals surface area contributed by atoms with Gasteiger partial charge in [0.05, 0.1) is 30.7 Å². The molecular weight excluding hydrogens is 296 g/mol. The van der Waals surface area contributed by atoms with Crippen LogP contribution in [0.5, 0.6) is 0 Å². The molecule has 1 amide bonds. The van der Waals surface area contributed by atoms with Crippen molar-refractivity contribution < 1.29 is 4.79 Å². The SMILES string of the molecule is CC(C)[C@@H](Cn1nccn1)NC(=O)CSCc1ccccc1. The summed E-state index contributed by atoms with van der Waals surface area (Å²) in [6, 6.07) is 10.2. The summed E-state index contributed by atoms with van der Waals surface area (Å²) in [4.78, 5) is 13.7. The number of carbonyl (C=O) groups is 1. The molecule has 0 aliphatic carbocycles. The van der Waals surface area contributed by atoms with Gasteiger partial charge in [0.1, 0.15) is 0 Å². The van der Waals surface area contributed by atoms with Gasteiger partial charge in [-0.2, -0.15) is 15.0 Å². The molecule has 5 nitrogen and oxygen atoms in total. The van der Waals surface area contributed by atoms with E-state index in [9.17, 15) is 4.79 Å². The van der Waals surface area contributed by atoms with Crippen LogP contribution in [0.15, 0.2) is 42.7 Å². The Morgan fingerprint density at radius 1 is 1.23 bits per heavy atom. The van der Waals surface area contributed by atoms with E-state index in [0.29, 0.717) is 18.2 Å². The fourth-order valence-corrected chi connectivity index (χ4v) is 2.82. The molecule has 0 bridgehead atoms. The molecule has 0 fully saturated rings. The van der Waals surface area contributed by atoms with E-state index in [1.54, 1.807) is 29.0 Å². The minimum atomic E-state index is 0.0391. The van der Waals surface area contributed by atoms with Crippen molar-refractivity contribution in [1.82, 2.24) is 20.3 Å². The van der Waals surface area contributed by atoms with E-state index in [1.165, 1.54) is 5.56 Å². The highest BCUT2D eigenvalue weighted by Crippen LogP contribution is 2.12. The highest BCUT2D eigenvalue weighted by Gasteiger charge is 2.17. The zero-order valence-corrected chi connectivity index (χ0v) is 13.8. The van der Waals surface area contributed by atoms with Gasteiger partial charge in [0.15, 0.2) is 0 Å². The molecule has 22 heavy (non-hydrogen) atoms. The fraction of sp³-hybridized carbons (Fsp3) is 0.438. The maximum Gasteiger partial charge on any atom is 0.230 e. The Hall–Kier alpha value is -1.82.